The highest BCUT2D eigenvalue weighted by molar-refractivity contribution is 5.95. The van der Waals surface area contributed by atoms with Gasteiger partial charge < -0.3 is 15.8 Å². The van der Waals surface area contributed by atoms with Crippen LogP contribution in [0.2, 0.25) is 0 Å². The third-order valence-electron chi connectivity index (χ3n) is 3.84. The molecule has 1 atom stereocenters. The number of ether oxygens (including phenoxy) is 1. The third-order valence-corrected chi connectivity index (χ3v) is 3.84. The highest BCUT2D eigenvalue weighted by atomic mass is 16.5. The second-order valence-corrected chi connectivity index (χ2v) is 5.41. The Kier molecular flexibility index (Phi) is 5.72. The molecule has 1 unspecified atom stereocenters. The van der Waals surface area contributed by atoms with Gasteiger partial charge in [-0.3, -0.25) is 4.79 Å². The van der Waals surface area contributed by atoms with Crippen LogP contribution in [-0.2, 0) is 14.3 Å². The molecule has 1 amide bonds. The Hall–Kier alpha value is -2.14. The van der Waals surface area contributed by atoms with Gasteiger partial charge in [-0.1, -0.05) is 18.6 Å². The van der Waals surface area contributed by atoms with Gasteiger partial charge in [0.2, 0.25) is 5.91 Å². The van der Waals surface area contributed by atoms with Gasteiger partial charge >= 0.3 is 5.97 Å². The number of amides is 1. The van der Waals surface area contributed by atoms with E-state index >= 15 is 0 Å². The second kappa shape index (κ2) is 7.75. The maximum atomic E-state index is 12.0. The van der Waals surface area contributed by atoms with Gasteiger partial charge in [-0.2, -0.15) is 0 Å². The van der Waals surface area contributed by atoms with E-state index < -0.39 is 6.04 Å². The van der Waals surface area contributed by atoms with Crippen molar-refractivity contribution in [3.05, 3.63) is 35.9 Å². The topological polar surface area (TPSA) is 81.4 Å². The van der Waals surface area contributed by atoms with E-state index in [-0.39, 0.29) is 11.9 Å². The monoisotopic (exact) mass is 302 g/mol. The SMILES string of the molecule is CCOC(=O)C=Cc1ccc(NC(=O)C(N)C2CCC2)cc1. The summed E-state index contributed by atoms with van der Waals surface area (Å²) in [5, 5.41) is 2.82. The number of esters is 1. The van der Waals surface area contributed by atoms with Gasteiger partial charge in [0.1, 0.15) is 0 Å². The fourth-order valence-electron chi connectivity index (χ4n) is 2.27. The molecule has 1 aliphatic rings. The molecule has 0 radical (unpaired) electrons. The summed E-state index contributed by atoms with van der Waals surface area (Å²) in [5.74, 6) is -0.197. The Morgan fingerprint density at radius 3 is 2.59 bits per heavy atom. The molecule has 5 heteroatoms. The summed E-state index contributed by atoms with van der Waals surface area (Å²) in [4.78, 5) is 23.2. The molecule has 0 aliphatic heterocycles. The van der Waals surface area contributed by atoms with Crippen LogP contribution in [0.3, 0.4) is 0 Å². The summed E-state index contributed by atoms with van der Waals surface area (Å²) in [7, 11) is 0. The number of nitrogens with two attached hydrogens (primary N) is 1. The van der Waals surface area contributed by atoms with Crippen molar-refractivity contribution < 1.29 is 14.3 Å². The summed E-state index contributed by atoms with van der Waals surface area (Å²) in [5.41, 5.74) is 7.49. The van der Waals surface area contributed by atoms with Crippen LogP contribution in [-0.4, -0.2) is 24.5 Å². The van der Waals surface area contributed by atoms with Crippen molar-refractivity contribution in [2.75, 3.05) is 11.9 Å². The van der Waals surface area contributed by atoms with E-state index in [1.54, 1.807) is 25.1 Å². The minimum absolute atomic E-state index is 0.139. The molecule has 0 saturated heterocycles. The van der Waals surface area contributed by atoms with Crippen LogP contribution in [0.4, 0.5) is 5.69 Å². The first-order chi connectivity index (χ1) is 10.6. The van der Waals surface area contributed by atoms with E-state index in [4.69, 9.17) is 10.5 Å². The van der Waals surface area contributed by atoms with Gasteiger partial charge in [0.15, 0.2) is 0 Å². The number of carbonyl (C=O) groups excluding carboxylic acids is 2. The van der Waals surface area contributed by atoms with Gasteiger partial charge in [-0.15, -0.1) is 0 Å². The normalized spacial score (nSPS) is 16.1. The van der Waals surface area contributed by atoms with Crippen LogP contribution in [0.15, 0.2) is 30.3 Å². The predicted octanol–water partition coefficient (Wildman–Crippen LogP) is 2.33. The van der Waals surface area contributed by atoms with Gasteiger partial charge in [0.05, 0.1) is 12.6 Å². The number of rotatable bonds is 6. The number of nitrogens with one attached hydrogen (secondary N) is 1. The second-order valence-electron chi connectivity index (χ2n) is 5.41. The van der Waals surface area contributed by atoms with Crippen LogP contribution < -0.4 is 11.1 Å². The van der Waals surface area contributed by atoms with Gasteiger partial charge in [0.25, 0.3) is 0 Å². The summed E-state index contributed by atoms with van der Waals surface area (Å²) in [6, 6.07) is 6.78. The van der Waals surface area contributed by atoms with Gasteiger partial charge in [0, 0.05) is 11.8 Å². The number of benzene rings is 1. The Balaban J connectivity index is 1.88. The Morgan fingerprint density at radius 2 is 2.05 bits per heavy atom. The largest absolute Gasteiger partial charge is 0.463 e. The van der Waals surface area contributed by atoms with E-state index in [0.29, 0.717) is 18.2 Å². The van der Waals surface area contributed by atoms with Crippen molar-refractivity contribution in [3.8, 4) is 0 Å². The highest BCUT2D eigenvalue weighted by Crippen LogP contribution is 2.29. The molecular weight excluding hydrogens is 280 g/mol. The van der Waals surface area contributed by atoms with E-state index in [1.807, 2.05) is 12.1 Å². The number of carbonyl (C=O) groups is 2. The summed E-state index contributed by atoms with van der Waals surface area (Å²) in [6.07, 6.45) is 6.28. The molecule has 1 aromatic carbocycles. The van der Waals surface area contributed by atoms with Crippen molar-refractivity contribution in [3.63, 3.8) is 0 Å². The zero-order valence-corrected chi connectivity index (χ0v) is 12.7. The van der Waals surface area contributed by atoms with E-state index in [9.17, 15) is 9.59 Å². The lowest BCUT2D eigenvalue weighted by Crippen LogP contribution is -2.44. The molecule has 118 valence electrons. The standard InChI is InChI=1S/C17H22N2O3/c1-2-22-15(20)11-8-12-6-9-14(10-7-12)19-17(21)16(18)13-4-3-5-13/h6-11,13,16H,2-5,18H2,1H3,(H,19,21). The molecule has 5 nitrogen and oxygen atoms in total. The Bertz CT molecular complexity index is 548. The first kappa shape index (κ1) is 16.2. The Labute approximate surface area is 130 Å². The average Bonchev–Trinajstić information content (AvgIpc) is 2.45. The fourth-order valence-corrected chi connectivity index (χ4v) is 2.27. The number of hydrogen-bond acceptors (Lipinski definition) is 4. The molecule has 1 saturated carbocycles. The minimum Gasteiger partial charge on any atom is -0.463 e. The molecule has 2 rings (SSSR count). The molecule has 3 N–H and O–H groups in total. The lowest BCUT2D eigenvalue weighted by molar-refractivity contribution is -0.137. The van der Waals surface area contributed by atoms with Crippen LogP contribution >= 0.6 is 0 Å². The molecule has 1 aromatic rings. The molecule has 0 bridgehead atoms. The minimum atomic E-state index is -0.433. The lowest BCUT2D eigenvalue weighted by atomic mass is 9.80. The molecular formula is C17H22N2O3. The van der Waals surface area contributed by atoms with Crippen LogP contribution in [0.25, 0.3) is 6.08 Å². The Morgan fingerprint density at radius 1 is 1.36 bits per heavy atom. The van der Waals surface area contributed by atoms with Crippen molar-refractivity contribution in [1.82, 2.24) is 0 Å². The highest BCUT2D eigenvalue weighted by Gasteiger charge is 2.29. The van der Waals surface area contributed by atoms with Crippen molar-refractivity contribution in [2.45, 2.75) is 32.2 Å². The van der Waals surface area contributed by atoms with E-state index in [2.05, 4.69) is 5.32 Å². The number of anilines is 1. The maximum Gasteiger partial charge on any atom is 0.330 e. The quantitative estimate of drug-likeness (QED) is 0.624. The zero-order valence-electron chi connectivity index (χ0n) is 12.7. The summed E-state index contributed by atoms with van der Waals surface area (Å²) < 4.78 is 4.81. The number of hydrogen-bond donors (Lipinski definition) is 2. The first-order valence-electron chi connectivity index (χ1n) is 7.61. The van der Waals surface area contributed by atoms with E-state index in [1.165, 1.54) is 6.08 Å². The fraction of sp³-hybridized carbons (Fsp3) is 0.412. The van der Waals surface area contributed by atoms with Gasteiger partial charge in [-0.25, -0.2) is 4.79 Å². The lowest BCUT2D eigenvalue weighted by Gasteiger charge is -2.30. The third kappa shape index (κ3) is 4.43. The van der Waals surface area contributed by atoms with Gasteiger partial charge in [-0.05, 0) is 49.5 Å². The van der Waals surface area contributed by atoms with Crippen molar-refractivity contribution in [2.24, 2.45) is 11.7 Å². The maximum absolute atomic E-state index is 12.0. The molecule has 0 spiro atoms. The molecule has 1 fully saturated rings. The smallest absolute Gasteiger partial charge is 0.330 e. The first-order valence-corrected chi connectivity index (χ1v) is 7.61. The van der Waals surface area contributed by atoms with E-state index in [0.717, 1.165) is 24.8 Å². The zero-order chi connectivity index (χ0) is 15.9. The van der Waals surface area contributed by atoms with Crippen molar-refractivity contribution >= 4 is 23.6 Å². The van der Waals surface area contributed by atoms with Crippen LogP contribution in [0.1, 0.15) is 31.7 Å². The molecule has 0 aromatic heterocycles. The van der Waals surface area contributed by atoms with Crippen molar-refractivity contribution in [1.29, 1.82) is 0 Å². The summed E-state index contributed by atoms with van der Waals surface area (Å²) >= 11 is 0. The average molecular weight is 302 g/mol. The predicted molar refractivity (Wildman–Crippen MR) is 86.1 cm³/mol. The molecule has 1 aliphatic carbocycles. The summed E-state index contributed by atoms with van der Waals surface area (Å²) in [6.45, 7) is 2.12. The van der Waals surface area contributed by atoms with Crippen LogP contribution in [0.5, 0.6) is 0 Å². The molecule has 0 heterocycles. The molecule has 22 heavy (non-hydrogen) atoms. The van der Waals surface area contributed by atoms with Crippen LogP contribution in [0, 0.1) is 5.92 Å².